The standard InChI is InChI=1S/C18H31N5OS.HI/c1-5-19-18(20-9-6-7-16-21-14(4)12-25-16)22-15-8-10-23(11-15)17(24)13(2)3;/h12-13,15H,5-11H2,1-4H3,(H2,19,20,22);1H. The molecule has 2 rings (SSSR count). The number of carbonyl (C=O) groups is 1. The van der Waals surface area contributed by atoms with Crippen molar-refractivity contribution in [1.29, 1.82) is 0 Å². The zero-order valence-electron chi connectivity index (χ0n) is 16.2. The molecule has 8 heteroatoms. The number of hydrogen-bond acceptors (Lipinski definition) is 4. The van der Waals surface area contributed by atoms with E-state index in [-0.39, 0.29) is 41.8 Å². The molecule has 2 heterocycles. The van der Waals surface area contributed by atoms with E-state index in [2.05, 4.69) is 32.9 Å². The molecule has 26 heavy (non-hydrogen) atoms. The quantitative estimate of drug-likeness (QED) is 0.265. The van der Waals surface area contributed by atoms with Crippen molar-refractivity contribution in [2.45, 2.75) is 53.0 Å². The average molecular weight is 493 g/mol. The van der Waals surface area contributed by atoms with Crippen molar-refractivity contribution in [2.24, 2.45) is 10.9 Å². The lowest BCUT2D eigenvalue weighted by atomic mass is 10.2. The van der Waals surface area contributed by atoms with Gasteiger partial charge in [0, 0.05) is 55.6 Å². The predicted octanol–water partition coefficient (Wildman–Crippen LogP) is 2.81. The van der Waals surface area contributed by atoms with Gasteiger partial charge >= 0.3 is 0 Å². The van der Waals surface area contributed by atoms with Crippen molar-refractivity contribution in [3.63, 3.8) is 0 Å². The van der Waals surface area contributed by atoms with Gasteiger partial charge in [-0.3, -0.25) is 9.79 Å². The normalized spacial score (nSPS) is 17.3. The van der Waals surface area contributed by atoms with Gasteiger partial charge in [-0.1, -0.05) is 13.8 Å². The van der Waals surface area contributed by atoms with Gasteiger partial charge < -0.3 is 15.5 Å². The van der Waals surface area contributed by atoms with Crippen molar-refractivity contribution in [3.05, 3.63) is 16.1 Å². The lowest BCUT2D eigenvalue weighted by Gasteiger charge is -2.20. The van der Waals surface area contributed by atoms with Crippen LogP contribution in [0.4, 0.5) is 0 Å². The summed E-state index contributed by atoms with van der Waals surface area (Å²) in [5, 5.41) is 10.1. The van der Waals surface area contributed by atoms with Gasteiger partial charge in [0.1, 0.15) is 0 Å². The van der Waals surface area contributed by atoms with Crippen LogP contribution in [-0.2, 0) is 11.2 Å². The molecule has 0 saturated carbocycles. The van der Waals surface area contributed by atoms with Crippen molar-refractivity contribution in [1.82, 2.24) is 20.5 Å². The van der Waals surface area contributed by atoms with Gasteiger partial charge in [0.25, 0.3) is 0 Å². The number of nitrogens with one attached hydrogen (secondary N) is 2. The Balaban J connectivity index is 0.00000338. The average Bonchev–Trinajstić information content (AvgIpc) is 3.20. The zero-order valence-corrected chi connectivity index (χ0v) is 19.4. The summed E-state index contributed by atoms with van der Waals surface area (Å²) in [4.78, 5) is 23.2. The monoisotopic (exact) mass is 493 g/mol. The number of amides is 1. The van der Waals surface area contributed by atoms with Gasteiger partial charge in [-0.15, -0.1) is 35.3 Å². The number of thiazole rings is 1. The first-order valence-electron chi connectivity index (χ1n) is 9.24. The predicted molar refractivity (Wildman–Crippen MR) is 120 cm³/mol. The molecule has 0 radical (unpaired) electrons. The summed E-state index contributed by atoms with van der Waals surface area (Å²) in [6, 6.07) is 0.280. The fourth-order valence-electron chi connectivity index (χ4n) is 2.90. The highest BCUT2D eigenvalue weighted by Gasteiger charge is 2.27. The van der Waals surface area contributed by atoms with E-state index in [1.165, 1.54) is 5.01 Å². The molecule has 1 atom stereocenters. The Labute approximate surface area is 178 Å². The van der Waals surface area contributed by atoms with E-state index < -0.39 is 0 Å². The van der Waals surface area contributed by atoms with Gasteiger partial charge in [-0.05, 0) is 26.7 Å². The Morgan fingerprint density at radius 2 is 2.27 bits per heavy atom. The zero-order chi connectivity index (χ0) is 18.2. The maximum absolute atomic E-state index is 12.1. The molecule has 1 amide bonds. The highest BCUT2D eigenvalue weighted by atomic mass is 127. The Morgan fingerprint density at radius 3 is 2.88 bits per heavy atom. The molecule has 1 aliphatic rings. The lowest BCUT2D eigenvalue weighted by molar-refractivity contribution is -0.133. The van der Waals surface area contributed by atoms with Gasteiger partial charge in [0.15, 0.2) is 5.96 Å². The van der Waals surface area contributed by atoms with Crippen LogP contribution in [0.1, 0.15) is 44.3 Å². The number of likely N-dealkylation sites (tertiary alicyclic amines) is 1. The fraction of sp³-hybridized carbons (Fsp3) is 0.722. The summed E-state index contributed by atoms with van der Waals surface area (Å²) >= 11 is 1.72. The summed E-state index contributed by atoms with van der Waals surface area (Å²) in [6.07, 6.45) is 2.94. The number of aliphatic imine (C=N–C) groups is 1. The summed E-state index contributed by atoms with van der Waals surface area (Å²) in [5.74, 6) is 1.15. The molecule has 148 valence electrons. The van der Waals surface area contributed by atoms with E-state index in [4.69, 9.17) is 0 Å². The highest BCUT2D eigenvalue weighted by molar-refractivity contribution is 14.0. The first-order valence-corrected chi connectivity index (χ1v) is 10.1. The first kappa shape index (κ1) is 23.1. The molecule has 6 nitrogen and oxygen atoms in total. The Kier molecular flexibility index (Phi) is 10.4. The molecule has 1 aliphatic heterocycles. The number of guanidine groups is 1. The summed E-state index contributed by atoms with van der Waals surface area (Å²) in [7, 11) is 0. The molecule has 1 fully saturated rings. The van der Waals surface area contributed by atoms with Gasteiger partial charge in [-0.2, -0.15) is 0 Å². The second-order valence-electron chi connectivity index (χ2n) is 6.82. The molecule has 1 unspecified atom stereocenters. The van der Waals surface area contributed by atoms with Gasteiger partial charge in [0.2, 0.25) is 5.91 Å². The van der Waals surface area contributed by atoms with Crippen molar-refractivity contribution in [2.75, 3.05) is 26.2 Å². The molecule has 1 aromatic heterocycles. The topological polar surface area (TPSA) is 69.6 Å². The maximum atomic E-state index is 12.1. The van der Waals surface area contributed by atoms with Crippen molar-refractivity contribution >= 4 is 47.2 Å². The van der Waals surface area contributed by atoms with Crippen LogP contribution >= 0.6 is 35.3 Å². The maximum Gasteiger partial charge on any atom is 0.225 e. The minimum atomic E-state index is 0. The van der Waals surface area contributed by atoms with E-state index in [0.29, 0.717) is 0 Å². The summed E-state index contributed by atoms with van der Waals surface area (Å²) in [5.41, 5.74) is 1.10. The van der Waals surface area contributed by atoms with E-state index >= 15 is 0 Å². The van der Waals surface area contributed by atoms with Crippen LogP contribution in [0, 0.1) is 12.8 Å². The highest BCUT2D eigenvalue weighted by Crippen LogP contribution is 2.13. The molecule has 2 N–H and O–H groups in total. The largest absolute Gasteiger partial charge is 0.357 e. The molecular formula is C18H32IN5OS. The number of aryl methyl sites for hydroxylation is 2. The molecular weight excluding hydrogens is 461 g/mol. The minimum Gasteiger partial charge on any atom is -0.357 e. The molecule has 0 spiro atoms. The van der Waals surface area contributed by atoms with Gasteiger partial charge in [-0.25, -0.2) is 4.98 Å². The van der Waals surface area contributed by atoms with Crippen LogP contribution in [0.5, 0.6) is 0 Å². The molecule has 0 aliphatic carbocycles. The third kappa shape index (κ3) is 7.38. The number of nitrogens with zero attached hydrogens (tertiary/aromatic N) is 3. The minimum absolute atomic E-state index is 0. The Hall–Kier alpha value is -0.900. The number of carbonyl (C=O) groups excluding carboxylic acids is 1. The number of hydrogen-bond donors (Lipinski definition) is 2. The van der Waals surface area contributed by atoms with Crippen LogP contribution < -0.4 is 10.6 Å². The fourth-order valence-corrected chi connectivity index (χ4v) is 3.71. The number of rotatable bonds is 7. The van der Waals surface area contributed by atoms with E-state index in [0.717, 1.165) is 57.1 Å². The van der Waals surface area contributed by atoms with Gasteiger partial charge in [0.05, 0.1) is 5.01 Å². The number of aromatic nitrogens is 1. The SMILES string of the molecule is CCNC(=NCCCc1nc(C)cs1)NC1CCN(C(=O)C(C)C)C1.I. The third-order valence-corrected chi connectivity index (χ3v) is 5.19. The molecule has 1 saturated heterocycles. The smallest absolute Gasteiger partial charge is 0.225 e. The first-order chi connectivity index (χ1) is 12.0. The molecule has 0 bridgehead atoms. The second-order valence-corrected chi connectivity index (χ2v) is 7.76. The third-order valence-electron chi connectivity index (χ3n) is 4.16. The van der Waals surface area contributed by atoms with Crippen molar-refractivity contribution in [3.8, 4) is 0 Å². The second kappa shape index (κ2) is 11.7. The van der Waals surface area contributed by atoms with Crippen LogP contribution in [-0.4, -0.2) is 54.0 Å². The summed E-state index contributed by atoms with van der Waals surface area (Å²) in [6.45, 7) is 11.2. The molecule has 0 aromatic carbocycles. The van der Waals surface area contributed by atoms with E-state index in [1.54, 1.807) is 11.3 Å². The lowest BCUT2D eigenvalue weighted by Crippen LogP contribution is -2.45. The van der Waals surface area contributed by atoms with E-state index in [1.807, 2.05) is 25.7 Å². The Morgan fingerprint density at radius 1 is 1.50 bits per heavy atom. The molecule has 1 aromatic rings. The van der Waals surface area contributed by atoms with E-state index in [9.17, 15) is 4.79 Å². The van der Waals surface area contributed by atoms with Crippen LogP contribution in [0.25, 0.3) is 0 Å². The van der Waals surface area contributed by atoms with Crippen LogP contribution in [0.2, 0.25) is 0 Å². The number of halogens is 1. The van der Waals surface area contributed by atoms with Crippen molar-refractivity contribution < 1.29 is 4.79 Å². The van der Waals surface area contributed by atoms with Crippen LogP contribution in [0.3, 0.4) is 0 Å². The Bertz CT molecular complexity index is 590. The van der Waals surface area contributed by atoms with Crippen LogP contribution in [0.15, 0.2) is 10.4 Å². The summed E-state index contributed by atoms with van der Waals surface area (Å²) < 4.78 is 0.